The van der Waals surface area contributed by atoms with E-state index in [2.05, 4.69) is 14.7 Å². The van der Waals surface area contributed by atoms with Crippen LogP contribution in [-0.4, -0.2) is 45.2 Å². The fourth-order valence-electron chi connectivity index (χ4n) is 4.59. The van der Waals surface area contributed by atoms with E-state index in [-0.39, 0.29) is 41.2 Å². The van der Waals surface area contributed by atoms with Crippen LogP contribution in [0.25, 0.3) is 0 Å². The predicted molar refractivity (Wildman–Crippen MR) is 138 cm³/mol. The minimum absolute atomic E-state index is 0.0608. The molecule has 1 saturated heterocycles. The van der Waals surface area contributed by atoms with Gasteiger partial charge in [0.1, 0.15) is 6.33 Å². The number of hydrogen-bond donors (Lipinski definition) is 1. The Kier molecular flexibility index (Phi) is 8.69. The summed E-state index contributed by atoms with van der Waals surface area (Å²) in [7, 11) is -2.14. The van der Waals surface area contributed by atoms with Crippen molar-refractivity contribution >= 4 is 15.8 Å². The third kappa shape index (κ3) is 6.51. The molecule has 1 N–H and O–H groups in total. The molecule has 1 aromatic heterocycles. The molecule has 0 saturated carbocycles. The molecule has 0 radical (unpaired) electrons. The summed E-state index contributed by atoms with van der Waals surface area (Å²) in [5.41, 5.74) is 1.88. The number of alkyl halides is 2. The Morgan fingerprint density at radius 1 is 1.08 bits per heavy atom. The minimum Gasteiger partial charge on any atom is -0.383 e. The number of rotatable bonds is 11. The molecule has 0 bridgehead atoms. The number of anilines is 1. The molecule has 38 heavy (non-hydrogen) atoms. The minimum atomic E-state index is -3.63. The van der Waals surface area contributed by atoms with Crippen molar-refractivity contribution in [2.75, 3.05) is 31.7 Å². The van der Waals surface area contributed by atoms with E-state index in [1.165, 1.54) is 37.7 Å². The van der Waals surface area contributed by atoms with Crippen molar-refractivity contribution in [1.82, 2.24) is 14.7 Å². The van der Waals surface area contributed by atoms with E-state index < -0.39 is 21.8 Å². The number of nitrogens with one attached hydrogen (secondary N) is 1. The van der Waals surface area contributed by atoms with Crippen molar-refractivity contribution in [1.29, 1.82) is 0 Å². The van der Waals surface area contributed by atoms with Crippen molar-refractivity contribution in [2.45, 2.75) is 49.5 Å². The van der Waals surface area contributed by atoms with Crippen LogP contribution in [-0.2, 0) is 33.5 Å². The van der Waals surface area contributed by atoms with Gasteiger partial charge < -0.3 is 9.64 Å². The summed E-state index contributed by atoms with van der Waals surface area (Å²) < 4.78 is 74.7. The molecule has 2 heterocycles. The van der Waals surface area contributed by atoms with Gasteiger partial charge in [-0.3, -0.25) is 0 Å². The zero-order chi connectivity index (χ0) is 27.3. The molecule has 1 unspecified atom stereocenters. The first-order valence-corrected chi connectivity index (χ1v) is 13.9. The van der Waals surface area contributed by atoms with Gasteiger partial charge in [-0.1, -0.05) is 36.4 Å². The van der Waals surface area contributed by atoms with Crippen molar-refractivity contribution in [3.63, 3.8) is 0 Å². The standard InChI is InChI=1S/C27H31F3N4O3S/c1-27(29,30)21-10-8-20(9-11-21)24-4-3-16-34(24)26-25(28)23(31-18-32-26)14-7-19-5-12-22(13-6-19)38(35,36)33-15-17-37-2/h5-6,8-13,18,24,33H,3-4,7,14-17H2,1-2H3. The summed E-state index contributed by atoms with van der Waals surface area (Å²) in [5.74, 6) is -3.22. The Hall–Kier alpha value is -3.02. The van der Waals surface area contributed by atoms with Crippen molar-refractivity contribution in [3.05, 3.63) is 83.1 Å². The summed E-state index contributed by atoms with van der Waals surface area (Å²) in [4.78, 5) is 10.4. The van der Waals surface area contributed by atoms with Gasteiger partial charge in [-0.25, -0.2) is 36.3 Å². The molecule has 4 rings (SSSR count). The third-order valence-electron chi connectivity index (χ3n) is 6.65. The lowest BCUT2D eigenvalue weighted by molar-refractivity contribution is 0.0174. The molecule has 3 aromatic rings. The number of benzene rings is 2. The average Bonchev–Trinajstić information content (AvgIpc) is 3.38. The van der Waals surface area contributed by atoms with E-state index in [1.807, 2.05) is 4.90 Å². The molecule has 1 aliphatic heterocycles. The maximum Gasteiger partial charge on any atom is 0.270 e. The zero-order valence-corrected chi connectivity index (χ0v) is 22.1. The number of nitrogens with zero attached hydrogens (tertiary/aromatic N) is 3. The second kappa shape index (κ2) is 11.8. The molecule has 2 aromatic carbocycles. The lowest BCUT2D eigenvalue weighted by Crippen LogP contribution is -2.27. The van der Waals surface area contributed by atoms with Gasteiger partial charge in [0, 0.05) is 32.7 Å². The SMILES string of the molecule is COCCNS(=O)(=O)c1ccc(CCc2ncnc(N3CCCC3c3ccc(C(C)(F)F)cc3)c2F)cc1. The number of methoxy groups -OCH3 is 1. The lowest BCUT2D eigenvalue weighted by atomic mass is 10.0. The fraction of sp³-hybridized carbons (Fsp3) is 0.407. The molecule has 1 fully saturated rings. The van der Waals surface area contributed by atoms with Gasteiger partial charge in [0.05, 0.1) is 23.2 Å². The monoisotopic (exact) mass is 548 g/mol. The smallest absolute Gasteiger partial charge is 0.270 e. The number of halogens is 3. The van der Waals surface area contributed by atoms with Crippen molar-refractivity contribution < 1.29 is 26.3 Å². The quantitative estimate of drug-likeness (QED) is 0.347. The van der Waals surface area contributed by atoms with E-state index in [0.717, 1.165) is 30.9 Å². The first-order chi connectivity index (χ1) is 18.1. The maximum absolute atomic E-state index is 15.5. The average molecular weight is 549 g/mol. The van der Waals surface area contributed by atoms with Gasteiger partial charge in [-0.05, 0) is 48.9 Å². The molecule has 1 aliphatic rings. The predicted octanol–water partition coefficient (Wildman–Crippen LogP) is 4.78. The van der Waals surface area contributed by atoms with Crippen LogP contribution in [0.5, 0.6) is 0 Å². The summed E-state index contributed by atoms with van der Waals surface area (Å²) in [6.07, 6.45) is 3.69. The van der Waals surface area contributed by atoms with Crippen molar-refractivity contribution in [2.24, 2.45) is 0 Å². The highest BCUT2D eigenvalue weighted by molar-refractivity contribution is 7.89. The van der Waals surface area contributed by atoms with Gasteiger partial charge in [0.2, 0.25) is 10.0 Å². The Bertz CT molecular complexity index is 1330. The second-order valence-electron chi connectivity index (χ2n) is 9.35. The van der Waals surface area contributed by atoms with Crippen LogP contribution in [0.4, 0.5) is 19.0 Å². The Labute approximate surface area is 221 Å². The van der Waals surface area contributed by atoms with Gasteiger partial charge in [0.15, 0.2) is 11.6 Å². The fourth-order valence-corrected chi connectivity index (χ4v) is 5.61. The van der Waals surface area contributed by atoms with Crippen LogP contribution in [0.2, 0.25) is 0 Å². The summed E-state index contributed by atoms with van der Waals surface area (Å²) in [5, 5.41) is 0. The Balaban J connectivity index is 1.45. The first-order valence-electron chi connectivity index (χ1n) is 12.4. The van der Waals surface area contributed by atoms with Crippen molar-refractivity contribution in [3.8, 4) is 0 Å². The largest absolute Gasteiger partial charge is 0.383 e. The van der Waals surface area contributed by atoms with Crippen LogP contribution in [0.1, 0.15) is 48.2 Å². The molecule has 1 atom stereocenters. The Morgan fingerprint density at radius 3 is 2.45 bits per heavy atom. The molecular weight excluding hydrogens is 517 g/mol. The number of aryl methyl sites for hydroxylation is 2. The highest BCUT2D eigenvalue weighted by Gasteiger charge is 2.31. The summed E-state index contributed by atoms with van der Waals surface area (Å²) in [6.45, 7) is 1.90. The number of hydrogen-bond acceptors (Lipinski definition) is 6. The van der Waals surface area contributed by atoms with E-state index >= 15 is 4.39 Å². The van der Waals surface area contributed by atoms with E-state index in [9.17, 15) is 17.2 Å². The van der Waals surface area contributed by atoms with Crippen LogP contribution >= 0.6 is 0 Å². The second-order valence-corrected chi connectivity index (χ2v) is 11.1. The molecule has 0 amide bonds. The summed E-state index contributed by atoms with van der Waals surface area (Å²) >= 11 is 0. The number of ether oxygens (including phenoxy) is 1. The molecule has 204 valence electrons. The van der Waals surface area contributed by atoms with Crippen LogP contribution in [0.3, 0.4) is 0 Å². The topological polar surface area (TPSA) is 84.4 Å². The molecule has 0 spiro atoms. The lowest BCUT2D eigenvalue weighted by Gasteiger charge is -2.27. The van der Waals surface area contributed by atoms with E-state index in [1.54, 1.807) is 24.3 Å². The normalized spacial score (nSPS) is 16.2. The zero-order valence-electron chi connectivity index (χ0n) is 21.3. The van der Waals surface area contributed by atoms with Crippen LogP contribution in [0.15, 0.2) is 59.8 Å². The van der Waals surface area contributed by atoms with Gasteiger partial charge >= 0.3 is 0 Å². The number of aromatic nitrogens is 2. The van der Waals surface area contributed by atoms with Gasteiger partial charge in [0.25, 0.3) is 5.92 Å². The van der Waals surface area contributed by atoms with Crippen LogP contribution < -0.4 is 9.62 Å². The Morgan fingerprint density at radius 2 is 1.79 bits per heavy atom. The maximum atomic E-state index is 15.5. The summed E-state index contributed by atoms with van der Waals surface area (Å²) in [6, 6.07) is 12.4. The highest BCUT2D eigenvalue weighted by Crippen LogP contribution is 2.37. The van der Waals surface area contributed by atoms with E-state index in [4.69, 9.17) is 4.74 Å². The molecule has 0 aliphatic carbocycles. The molecule has 11 heteroatoms. The van der Waals surface area contributed by atoms with Gasteiger partial charge in [-0.2, -0.15) is 0 Å². The number of sulfonamides is 1. The molecule has 7 nitrogen and oxygen atoms in total. The van der Waals surface area contributed by atoms with E-state index in [0.29, 0.717) is 19.4 Å². The van der Waals surface area contributed by atoms with Gasteiger partial charge in [-0.15, -0.1) is 0 Å². The third-order valence-corrected chi connectivity index (χ3v) is 8.13. The van der Waals surface area contributed by atoms with Crippen LogP contribution in [0, 0.1) is 5.82 Å². The first kappa shape index (κ1) is 28.0. The molecular formula is C27H31F3N4O3S. The highest BCUT2D eigenvalue weighted by atomic mass is 32.2.